The number of carbonyl (C=O) groups is 3. The van der Waals surface area contributed by atoms with Gasteiger partial charge in [0.1, 0.15) is 12.1 Å². The van der Waals surface area contributed by atoms with E-state index in [1.54, 1.807) is 4.90 Å². The smallest absolute Gasteiger partial charge is 0.325 e. The number of urea groups is 1. The molecule has 1 spiro atoms. The molecule has 3 aliphatic rings. The van der Waals surface area contributed by atoms with E-state index in [0.717, 1.165) is 28.9 Å². The standard InChI is InChI=1S/C20H25N3O4/c1-13-10-22(11-14(2)27-13)17(24)12-23-18(25)20(21-19(23)26)9-5-7-15-6-3-4-8-16(15)20/h3-4,6,8,13-14H,5,7,9-12H2,1-2H3,(H,21,26)/t13-,14+,20-/m0/s1. The minimum Gasteiger partial charge on any atom is -0.372 e. The number of amides is 4. The van der Waals surface area contributed by atoms with Crippen LogP contribution in [-0.2, 0) is 26.3 Å². The second-order valence-corrected chi connectivity index (χ2v) is 7.79. The van der Waals surface area contributed by atoms with Crippen molar-refractivity contribution >= 4 is 17.8 Å². The van der Waals surface area contributed by atoms with Gasteiger partial charge in [-0.3, -0.25) is 14.5 Å². The molecule has 0 aromatic heterocycles. The zero-order chi connectivity index (χ0) is 19.2. The van der Waals surface area contributed by atoms with Crippen molar-refractivity contribution < 1.29 is 19.1 Å². The molecular formula is C20H25N3O4. The molecule has 0 unspecified atom stereocenters. The van der Waals surface area contributed by atoms with Crippen LogP contribution in [0.4, 0.5) is 4.79 Å². The summed E-state index contributed by atoms with van der Waals surface area (Å²) in [6.45, 7) is 4.55. The maximum Gasteiger partial charge on any atom is 0.325 e. The fourth-order valence-corrected chi connectivity index (χ4v) is 4.57. The molecule has 4 rings (SSSR count). The summed E-state index contributed by atoms with van der Waals surface area (Å²) in [5.74, 6) is -0.538. The molecule has 0 saturated carbocycles. The van der Waals surface area contributed by atoms with Crippen LogP contribution in [0.25, 0.3) is 0 Å². The predicted molar refractivity (Wildman–Crippen MR) is 97.9 cm³/mol. The second-order valence-electron chi connectivity index (χ2n) is 7.79. The Hall–Kier alpha value is -2.41. The molecule has 0 radical (unpaired) electrons. The van der Waals surface area contributed by atoms with Gasteiger partial charge in [-0.05, 0) is 44.2 Å². The van der Waals surface area contributed by atoms with Crippen LogP contribution in [0.5, 0.6) is 0 Å². The zero-order valence-corrected chi connectivity index (χ0v) is 15.7. The topological polar surface area (TPSA) is 79.0 Å². The van der Waals surface area contributed by atoms with Crippen LogP contribution in [0.2, 0.25) is 0 Å². The molecule has 2 aliphatic heterocycles. The second kappa shape index (κ2) is 6.64. The number of rotatable bonds is 2. The number of ether oxygens (including phenoxy) is 1. The number of aryl methyl sites for hydroxylation is 1. The number of imide groups is 1. The van der Waals surface area contributed by atoms with E-state index in [1.165, 1.54) is 0 Å². The van der Waals surface area contributed by atoms with Gasteiger partial charge < -0.3 is 15.0 Å². The van der Waals surface area contributed by atoms with Gasteiger partial charge in [0.25, 0.3) is 5.91 Å². The molecule has 144 valence electrons. The van der Waals surface area contributed by atoms with Gasteiger partial charge in [0, 0.05) is 13.1 Å². The summed E-state index contributed by atoms with van der Waals surface area (Å²) in [4.78, 5) is 41.4. The molecule has 27 heavy (non-hydrogen) atoms. The van der Waals surface area contributed by atoms with Gasteiger partial charge in [0.05, 0.1) is 12.2 Å². The molecule has 1 aromatic rings. The Morgan fingerprint density at radius 3 is 2.67 bits per heavy atom. The summed E-state index contributed by atoms with van der Waals surface area (Å²) < 4.78 is 5.65. The summed E-state index contributed by atoms with van der Waals surface area (Å²) in [5.41, 5.74) is 0.914. The minimum atomic E-state index is -1.03. The van der Waals surface area contributed by atoms with Crippen molar-refractivity contribution in [2.45, 2.75) is 50.9 Å². The predicted octanol–water partition coefficient (Wildman–Crippen LogP) is 1.41. The lowest BCUT2D eigenvalue weighted by Gasteiger charge is -2.36. The van der Waals surface area contributed by atoms with E-state index < -0.39 is 11.6 Å². The Labute approximate surface area is 158 Å². The molecule has 1 aliphatic carbocycles. The van der Waals surface area contributed by atoms with Gasteiger partial charge in [0.15, 0.2) is 0 Å². The third kappa shape index (κ3) is 3.00. The average molecular weight is 371 g/mol. The number of morpholine rings is 1. The number of hydrogen-bond donors (Lipinski definition) is 1. The van der Waals surface area contributed by atoms with Gasteiger partial charge in [-0.15, -0.1) is 0 Å². The molecule has 2 fully saturated rings. The van der Waals surface area contributed by atoms with E-state index in [9.17, 15) is 14.4 Å². The Morgan fingerprint density at radius 1 is 1.22 bits per heavy atom. The highest BCUT2D eigenvalue weighted by atomic mass is 16.5. The largest absolute Gasteiger partial charge is 0.372 e. The summed E-state index contributed by atoms with van der Waals surface area (Å²) in [5, 5.41) is 2.89. The zero-order valence-electron chi connectivity index (χ0n) is 15.7. The van der Waals surface area contributed by atoms with E-state index in [1.807, 2.05) is 38.1 Å². The van der Waals surface area contributed by atoms with E-state index in [-0.39, 0.29) is 30.6 Å². The van der Waals surface area contributed by atoms with Crippen LogP contribution >= 0.6 is 0 Å². The first-order valence-corrected chi connectivity index (χ1v) is 9.56. The van der Waals surface area contributed by atoms with Gasteiger partial charge >= 0.3 is 6.03 Å². The number of benzene rings is 1. The third-order valence-electron chi connectivity index (χ3n) is 5.72. The van der Waals surface area contributed by atoms with Crippen LogP contribution < -0.4 is 5.32 Å². The molecule has 1 aromatic carbocycles. The molecule has 1 N–H and O–H groups in total. The molecule has 7 nitrogen and oxygen atoms in total. The Morgan fingerprint density at radius 2 is 1.93 bits per heavy atom. The average Bonchev–Trinajstić information content (AvgIpc) is 2.86. The van der Waals surface area contributed by atoms with Crippen LogP contribution in [0.15, 0.2) is 24.3 Å². The maximum absolute atomic E-state index is 13.2. The van der Waals surface area contributed by atoms with Crippen molar-refractivity contribution in [3.8, 4) is 0 Å². The Balaban J connectivity index is 1.55. The highest BCUT2D eigenvalue weighted by Gasteiger charge is 2.54. The quantitative estimate of drug-likeness (QED) is 0.797. The SMILES string of the molecule is C[C@@H]1CN(C(=O)CN2C(=O)N[C@]3(CCCc4ccccc43)C2=O)C[C@H](C)O1. The molecule has 3 atom stereocenters. The summed E-state index contributed by atoms with van der Waals surface area (Å²) in [6, 6.07) is 7.25. The first-order chi connectivity index (χ1) is 12.9. The maximum atomic E-state index is 13.2. The normalized spacial score (nSPS) is 30.4. The number of nitrogens with zero attached hydrogens (tertiary/aromatic N) is 2. The van der Waals surface area contributed by atoms with Gasteiger partial charge in [-0.25, -0.2) is 4.79 Å². The van der Waals surface area contributed by atoms with Gasteiger partial charge in [0.2, 0.25) is 5.91 Å². The lowest BCUT2D eigenvalue weighted by molar-refractivity contribution is -0.147. The van der Waals surface area contributed by atoms with Crippen LogP contribution in [0.3, 0.4) is 0 Å². The Kier molecular flexibility index (Phi) is 4.42. The van der Waals surface area contributed by atoms with E-state index in [4.69, 9.17) is 4.74 Å². The molecular weight excluding hydrogens is 346 g/mol. The van der Waals surface area contributed by atoms with Crippen molar-refractivity contribution in [2.75, 3.05) is 19.6 Å². The monoisotopic (exact) mass is 371 g/mol. The third-order valence-corrected chi connectivity index (χ3v) is 5.72. The summed E-state index contributed by atoms with van der Waals surface area (Å²) in [7, 11) is 0. The Bertz CT molecular complexity index is 785. The van der Waals surface area contributed by atoms with Crippen molar-refractivity contribution in [3.05, 3.63) is 35.4 Å². The van der Waals surface area contributed by atoms with E-state index >= 15 is 0 Å². The summed E-state index contributed by atoms with van der Waals surface area (Å²) in [6.07, 6.45) is 2.16. The number of nitrogens with one attached hydrogen (secondary N) is 1. The molecule has 7 heteroatoms. The molecule has 0 bridgehead atoms. The minimum absolute atomic E-state index is 0.0580. The summed E-state index contributed by atoms with van der Waals surface area (Å²) >= 11 is 0. The fourth-order valence-electron chi connectivity index (χ4n) is 4.57. The van der Waals surface area contributed by atoms with Crippen molar-refractivity contribution in [3.63, 3.8) is 0 Å². The highest BCUT2D eigenvalue weighted by molar-refractivity contribution is 6.09. The van der Waals surface area contributed by atoms with Crippen molar-refractivity contribution in [2.24, 2.45) is 0 Å². The lowest BCUT2D eigenvalue weighted by atomic mass is 9.76. The van der Waals surface area contributed by atoms with Crippen LogP contribution in [0, 0.1) is 0 Å². The molecule has 4 amide bonds. The highest BCUT2D eigenvalue weighted by Crippen LogP contribution is 2.39. The first-order valence-electron chi connectivity index (χ1n) is 9.56. The van der Waals surface area contributed by atoms with Gasteiger partial charge in [-0.2, -0.15) is 0 Å². The number of fused-ring (bicyclic) bond motifs is 2. The van der Waals surface area contributed by atoms with Crippen LogP contribution in [0.1, 0.15) is 37.8 Å². The first kappa shape index (κ1) is 18.0. The van der Waals surface area contributed by atoms with Crippen molar-refractivity contribution in [1.82, 2.24) is 15.1 Å². The molecule has 2 heterocycles. The lowest BCUT2D eigenvalue weighted by Crippen LogP contribution is -2.52. The van der Waals surface area contributed by atoms with E-state index in [0.29, 0.717) is 19.5 Å². The number of hydrogen-bond acceptors (Lipinski definition) is 4. The van der Waals surface area contributed by atoms with Crippen molar-refractivity contribution in [1.29, 1.82) is 0 Å². The van der Waals surface area contributed by atoms with E-state index in [2.05, 4.69) is 5.32 Å². The van der Waals surface area contributed by atoms with Gasteiger partial charge in [-0.1, -0.05) is 24.3 Å². The molecule has 2 saturated heterocycles. The van der Waals surface area contributed by atoms with Crippen LogP contribution in [-0.4, -0.2) is 59.5 Å². The fraction of sp³-hybridized carbons (Fsp3) is 0.550. The number of carbonyl (C=O) groups excluding carboxylic acids is 3.